The Hall–Kier alpha value is -3.61. The molecule has 0 aliphatic carbocycles. The van der Waals surface area contributed by atoms with Crippen LogP contribution in [-0.2, 0) is 4.74 Å². The number of ether oxygens (including phenoxy) is 3. The van der Waals surface area contributed by atoms with Gasteiger partial charge in [-0.3, -0.25) is 4.90 Å². The fourth-order valence-electron chi connectivity index (χ4n) is 2.92. The first-order chi connectivity index (χ1) is 14.7. The molecule has 0 spiro atoms. The lowest BCUT2D eigenvalue weighted by atomic mass is 10.1. The van der Waals surface area contributed by atoms with E-state index in [0.29, 0.717) is 17.1 Å². The summed E-state index contributed by atoms with van der Waals surface area (Å²) in [7, 11) is 4.89. The summed E-state index contributed by atoms with van der Waals surface area (Å²) in [5, 5.41) is 8.85. The Kier molecular flexibility index (Phi) is 6.44. The molecule has 0 atom stereocenters. The summed E-state index contributed by atoms with van der Waals surface area (Å²) in [5.41, 5.74) is 2.82. The predicted molar refractivity (Wildman–Crippen MR) is 121 cm³/mol. The van der Waals surface area contributed by atoms with Crippen LogP contribution in [0, 0.1) is 0 Å². The first-order valence-corrected chi connectivity index (χ1v) is 9.85. The maximum Gasteiger partial charge on any atom is 0.414 e. The second-order valence-corrected chi connectivity index (χ2v) is 7.96. The molecule has 1 amide bonds. The van der Waals surface area contributed by atoms with Gasteiger partial charge in [0.2, 0.25) is 0 Å². The number of carbonyl (C=O) groups is 1. The van der Waals surface area contributed by atoms with E-state index in [1.165, 1.54) is 4.90 Å². The minimum absolute atomic E-state index is 0.476. The Balaban J connectivity index is 2.07. The van der Waals surface area contributed by atoms with Crippen molar-refractivity contribution in [1.29, 1.82) is 0 Å². The highest BCUT2D eigenvalue weighted by Gasteiger charge is 2.24. The van der Waals surface area contributed by atoms with Crippen molar-refractivity contribution in [3.63, 3.8) is 0 Å². The van der Waals surface area contributed by atoms with E-state index in [2.05, 4.69) is 10.2 Å². The zero-order chi connectivity index (χ0) is 22.6. The molecule has 0 aliphatic rings. The maximum absolute atomic E-state index is 12.8. The van der Waals surface area contributed by atoms with Crippen molar-refractivity contribution in [2.75, 3.05) is 26.2 Å². The SMILES string of the molecule is COc1ccc(-c2cc(N(C)C(=O)OC(C)(C)C)c(-c3ccc(OC)cc3)nn2)cc1. The average Bonchev–Trinajstić information content (AvgIpc) is 2.77. The van der Waals surface area contributed by atoms with E-state index in [1.54, 1.807) is 21.3 Å². The molecule has 1 aromatic heterocycles. The molecule has 3 rings (SSSR count). The third kappa shape index (κ3) is 5.31. The molecule has 0 bridgehead atoms. The van der Waals surface area contributed by atoms with Gasteiger partial charge in [0.05, 0.1) is 25.6 Å². The van der Waals surface area contributed by atoms with Gasteiger partial charge in [0.15, 0.2) is 0 Å². The van der Waals surface area contributed by atoms with Gasteiger partial charge >= 0.3 is 6.09 Å². The molecule has 0 fully saturated rings. The van der Waals surface area contributed by atoms with Crippen molar-refractivity contribution >= 4 is 11.8 Å². The summed E-state index contributed by atoms with van der Waals surface area (Å²) in [4.78, 5) is 14.2. The van der Waals surface area contributed by atoms with E-state index in [-0.39, 0.29) is 0 Å². The summed E-state index contributed by atoms with van der Waals surface area (Å²) in [5.74, 6) is 1.48. The minimum atomic E-state index is -0.620. The molecule has 2 aromatic carbocycles. The smallest absolute Gasteiger partial charge is 0.414 e. The summed E-state index contributed by atoms with van der Waals surface area (Å²) >= 11 is 0. The van der Waals surface area contributed by atoms with Crippen LogP contribution in [0.1, 0.15) is 20.8 Å². The van der Waals surface area contributed by atoms with Gasteiger partial charge in [-0.05, 0) is 75.4 Å². The highest BCUT2D eigenvalue weighted by atomic mass is 16.6. The van der Waals surface area contributed by atoms with Crippen LogP contribution in [0.15, 0.2) is 54.6 Å². The third-order valence-corrected chi connectivity index (χ3v) is 4.55. The van der Waals surface area contributed by atoms with Crippen molar-refractivity contribution in [3.8, 4) is 34.0 Å². The van der Waals surface area contributed by atoms with Crippen LogP contribution in [-0.4, -0.2) is 43.2 Å². The highest BCUT2D eigenvalue weighted by Crippen LogP contribution is 2.33. The van der Waals surface area contributed by atoms with Crippen LogP contribution in [0.25, 0.3) is 22.5 Å². The fourth-order valence-corrected chi connectivity index (χ4v) is 2.92. The molecule has 7 heteroatoms. The Morgan fingerprint density at radius 1 is 0.839 bits per heavy atom. The topological polar surface area (TPSA) is 73.8 Å². The number of amides is 1. The molecule has 31 heavy (non-hydrogen) atoms. The molecule has 0 N–H and O–H groups in total. The molecule has 0 saturated heterocycles. The van der Waals surface area contributed by atoms with Crippen molar-refractivity contribution < 1.29 is 19.0 Å². The van der Waals surface area contributed by atoms with Crippen LogP contribution in [0.5, 0.6) is 11.5 Å². The van der Waals surface area contributed by atoms with E-state index in [1.807, 2.05) is 75.4 Å². The zero-order valence-corrected chi connectivity index (χ0v) is 18.7. The number of anilines is 1. The molecule has 0 radical (unpaired) electrons. The lowest BCUT2D eigenvalue weighted by molar-refractivity contribution is 0.0589. The Morgan fingerprint density at radius 3 is 1.84 bits per heavy atom. The number of aromatic nitrogens is 2. The molecule has 162 valence electrons. The summed E-state index contributed by atoms with van der Waals surface area (Å²) in [6.07, 6.45) is -0.476. The summed E-state index contributed by atoms with van der Waals surface area (Å²) in [6, 6.07) is 16.8. The maximum atomic E-state index is 12.8. The predicted octanol–water partition coefficient (Wildman–Crippen LogP) is 5.20. The van der Waals surface area contributed by atoms with Crippen molar-refractivity contribution in [2.45, 2.75) is 26.4 Å². The van der Waals surface area contributed by atoms with E-state index >= 15 is 0 Å². The van der Waals surface area contributed by atoms with E-state index in [9.17, 15) is 4.79 Å². The molecule has 0 saturated carbocycles. The van der Waals surface area contributed by atoms with Gasteiger partial charge in [-0.1, -0.05) is 0 Å². The largest absolute Gasteiger partial charge is 0.497 e. The number of hydrogen-bond donors (Lipinski definition) is 0. The highest BCUT2D eigenvalue weighted by molar-refractivity contribution is 5.93. The number of carbonyl (C=O) groups excluding carboxylic acids is 1. The quantitative estimate of drug-likeness (QED) is 0.564. The van der Waals surface area contributed by atoms with Crippen molar-refractivity contribution in [1.82, 2.24) is 10.2 Å². The number of benzene rings is 2. The van der Waals surface area contributed by atoms with Gasteiger partial charge in [0.1, 0.15) is 22.8 Å². The molecule has 0 aliphatic heterocycles. The molecular formula is C24H27N3O4. The van der Waals surface area contributed by atoms with Crippen LogP contribution >= 0.6 is 0 Å². The summed E-state index contributed by atoms with van der Waals surface area (Å²) < 4.78 is 16.0. The second kappa shape index (κ2) is 9.04. The summed E-state index contributed by atoms with van der Waals surface area (Å²) in [6.45, 7) is 5.49. The van der Waals surface area contributed by atoms with Crippen molar-refractivity contribution in [2.24, 2.45) is 0 Å². The lowest BCUT2D eigenvalue weighted by Crippen LogP contribution is -2.34. The van der Waals surface area contributed by atoms with Gasteiger partial charge in [-0.25, -0.2) is 4.79 Å². The first-order valence-electron chi connectivity index (χ1n) is 9.85. The average molecular weight is 421 g/mol. The second-order valence-electron chi connectivity index (χ2n) is 7.96. The van der Waals surface area contributed by atoms with Gasteiger partial charge in [-0.2, -0.15) is 0 Å². The number of methoxy groups -OCH3 is 2. The van der Waals surface area contributed by atoms with Gasteiger partial charge in [0.25, 0.3) is 0 Å². The van der Waals surface area contributed by atoms with E-state index in [4.69, 9.17) is 14.2 Å². The number of rotatable bonds is 5. The Labute approximate surface area is 182 Å². The normalized spacial score (nSPS) is 11.0. The van der Waals surface area contributed by atoms with Crippen LogP contribution in [0.2, 0.25) is 0 Å². The Bertz CT molecular complexity index is 1040. The molecule has 0 unspecified atom stereocenters. The minimum Gasteiger partial charge on any atom is -0.497 e. The van der Waals surface area contributed by atoms with Gasteiger partial charge in [-0.15, -0.1) is 10.2 Å². The van der Waals surface area contributed by atoms with Crippen LogP contribution in [0.3, 0.4) is 0 Å². The van der Waals surface area contributed by atoms with Crippen LogP contribution in [0.4, 0.5) is 10.5 Å². The first kappa shape index (κ1) is 22.1. The molecular weight excluding hydrogens is 394 g/mol. The molecule has 7 nitrogen and oxygen atoms in total. The number of hydrogen-bond acceptors (Lipinski definition) is 6. The monoisotopic (exact) mass is 421 g/mol. The van der Waals surface area contributed by atoms with Crippen molar-refractivity contribution in [3.05, 3.63) is 54.6 Å². The third-order valence-electron chi connectivity index (χ3n) is 4.55. The number of nitrogens with zero attached hydrogens (tertiary/aromatic N) is 3. The molecule has 1 heterocycles. The standard InChI is InChI=1S/C24H27N3O4/c1-24(2,3)31-23(28)27(4)21-15-20(16-7-11-18(29-5)12-8-16)25-26-22(21)17-9-13-19(30-6)14-10-17/h7-15H,1-6H3. The fraction of sp³-hybridized carbons (Fsp3) is 0.292. The zero-order valence-electron chi connectivity index (χ0n) is 18.7. The van der Waals surface area contributed by atoms with Gasteiger partial charge in [0, 0.05) is 18.2 Å². The lowest BCUT2D eigenvalue weighted by Gasteiger charge is -2.26. The molecule has 3 aromatic rings. The van der Waals surface area contributed by atoms with E-state index < -0.39 is 11.7 Å². The Morgan fingerprint density at radius 2 is 1.35 bits per heavy atom. The van der Waals surface area contributed by atoms with Crippen LogP contribution < -0.4 is 14.4 Å². The van der Waals surface area contributed by atoms with Gasteiger partial charge < -0.3 is 14.2 Å². The van der Waals surface area contributed by atoms with E-state index in [0.717, 1.165) is 22.6 Å².